The number of amides is 1. The van der Waals surface area contributed by atoms with Crippen molar-refractivity contribution in [1.29, 1.82) is 0 Å². The van der Waals surface area contributed by atoms with Gasteiger partial charge in [-0.3, -0.25) is 15.1 Å². The van der Waals surface area contributed by atoms with Gasteiger partial charge in [-0.05, 0) is 18.9 Å². The monoisotopic (exact) mass is 351 g/mol. The van der Waals surface area contributed by atoms with Crippen LogP contribution in [0.3, 0.4) is 0 Å². The normalized spacial score (nSPS) is 16.7. The minimum atomic E-state index is -4.43. The first-order valence-corrected chi connectivity index (χ1v) is 7.57. The number of rotatable bonds is 3. The summed E-state index contributed by atoms with van der Waals surface area (Å²) in [7, 11) is 3.48. The lowest BCUT2D eigenvalue weighted by molar-refractivity contribution is -0.367. The van der Waals surface area contributed by atoms with Gasteiger partial charge >= 0.3 is 6.18 Å². The van der Waals surface area contributed by atoms with Crippen molar-refractivity contribution in [2.45, 2.75) is 19.0 Å². The van der Waals surface area contributed by atoms with Crippen molar-refractivity contribution in [3.05, 3.63) is 22.8 Å². The minimum Gasteiger partial charge on any atom is -0.289 e. The van der Waals surface area contributed by atoms with Gasteiger partial charge in [-0.1, -0.05) is 11.6 Å². The van der Waals surface area contributed by atoms with Crippen LogP contribution >= 0.6 is 11.6 Å². The second-order valence-corrected chi connectivity index (χ2v) is 6.12. The smallest absolute Gasteiger partial charge is 0.289 e. The predicted octanol–water partition coefficient (Wildman–Crippen LogP) is 1.98. The maximum atomic E-state index is 12.6. The second-order valence-electron chi connectivity index (χ2n) is 5.71. The fourth-order valence-electron chi connectivity index (χ4n) is 2.54. The van der Waals surface area contributed by atoms with E-state index in [0.29, 0.717) is 31.7 Å². The fourth-order valence-corrected chi connectivity index (χ4v) is 2.84. The number of carbonyl (C=O) groups is 1. The molecular weight excluding hydrogens is 333 g/mol. The molecule has 23 heavy (non-hydrogen) atoms. The number of nitrogens with zero attached hydrogens (tertiary/aromatic N) is 2. The highest BCUT2D eigenvalue weighted by Crippen LogP contribution is 2.33. The van der Waals surface area contributed by atoms with Crippen LogP contribution in [0.15, 0.2) is 12.3 Å². The molecule has 0 unspecified atom stereocenters. The van der Waals surface area contributed by atoms with E-state index in [2.05, 4.69) is 10.4 Å². The number of nitrogens with one attached hydrogen (secondary N) is 2. The first-order valence-electron chi connectivity index (χ1n) is 7.19. The number of hydrogen-bond acceptors (Lipinski definition) is 3. The number of hydrogen-bond donors (Lipinski definition) is 1. The predicted molar refractivity (Wildman–Crippen MR) is 79.8 cm³/mol. The van der Waals surface area contributed by atoms with Crippen molar-refractivity contribution >= 4 is 23.3 Å². The van der Waals surface area contributed by atoms with Crippen molar-refractivity contribution in [2.24, 2.45) is 5.92 Å². The molecule has 2 rings (SSSR count). The van der Waals surface area contributed by atoms with Crippen LogP contribution in [0.4, 0.5) is 19.0 Å². The molecule has 1 aromatic rings. The molecule has 0 radical (unpaired) electrons. The molecule has 5 nitrogen and oxygen atoms in total. The Bertz CT molecular complexity index is 572. The van der Waals surface area contributed by atoms with Crippen LogP contribution in [0.1, 0.15) is 18.4 Å². The van der Waals surface area contributed by atoms with Crippen molar-refractivity contribution < 1.29 is 22.9 Å². The summed E-state index contributed by atoms with van der Waals surface area (Å²) in [4.78, 5) is 16.4. The lowest BCUT2D eigenvalue weighted by Crippen LogP contribution is -2.45. The third kappa shape index (κ3) is 4.48. The summed E-state index contributed by atoms with van der Waals surface area (Å²) in [5.41, 5.74) is 1.91. The SMILES string of the molecule is CN(C)NC(=O)C1CCN(c2[nH+]cc(C(F)(F)F)cc2Cl)CC1. The van der Waals surface area contributed by atoms with Gasteiger partial charge in [0.05, 0.1) is 18.7 Å². The van der Waals surface area contributed by atoms with E-state index in [1.54, 1.807) is 19.1 Å². The molecule has 0 bridgehead atoms. The van der Waals surface area contributed by atoms with Crippen molar-refractivity contribution in [3.8, 4) is 0 Å². The molecule has 1 aliphatic rings. The summed E-state index contributed by atoms with van der Waals surface area (Å²) in [6.45, 7) is 1.10. The number of aromatic nitrogens is 1. The number of alkyl halides is 3. The lowest BCUT2D eigenvalue weighted by atomic mass is 9.96. The quantitative estimate of drug-likeness (QED) is 0.847. The molecule has 0 aromatic carbocycles. The first-order chi connectivity index (χ1) is 10.7. The van der Waals surface area contributed by atoms with Gasteiger partial charge in [0.25, 0.3) is 5.82 Å². The third-order valence-electron chi connectivity index (χ3n) is 3.72. The Kier molecular flexibility index (Phi) is 5.36. The fraction of sp³-hybridized carbons (Fsp3) is 0.571. The summed E-state index contributed by atoms with van der Waals surface area (Å²) in [5.74, 6) is 0.296. The van der Waals surface area contributed by atoms with Crippen LogP contribution in [-0.4, -0.2) is 38.1 Å². The molecule has 128 valence electrons. The van der Waals surface area contributed by atoms with E-state index in [1.807, 2.05) is 4.90 Å². The van der Waals surface area contributed by atoms with Crippen LogP contribution in [-0.2, 0) is 11.0 Å². The van der Waals surface area contributed by atoms with Crippen LogP contribution in [0, 0.1) is 5.92 Å². The maximum Gasteiger partial charge on any atom is 0.419 e. The highest BCUT2D eigenvalue weighted by Gasteiger charge is 2.35. The number of anilines is 1. The van der Waals surface area contributed by atoms with Gasteiger partial charge in [0.1, 0.15) is 11.2 Å². The Hall–Kier alpha value is -1.54. The molecule has 0 atom stereocenters. The molecule has 0 saturated carbocycles. The largest absolute Gasteiger partial charge is 0.419 e. The van der Waals surface area contributed by atoms with Crippen LogP contribution in [0.25, 0.3) is 0 Å². The Morgan fingerprint density at radius 1 is 1.39 bits per heavy atom. The number of halogens is 4. The molecule has 0 aliphatic carbocycles. The van der Waals surface area contributed by atoms with Crippen molar-refractivity contribution in [1.82, 2.24) is 10.4 Å². The van der Waals surface area contributed by atoms with Crippen LogP contribution in [0.5, 0.6) is 0 Å². The molecule has 9 heteroatoms. The Labute approximate surface area is 137 Å². The molecule has 1 aromatic heterocycles. The van der Waals surface area contributed by atoms with Crippen molar-refractivity contribution in [3.63, 3.8) is 0 Å². The summed E-state index contributed by atoms with van der Waals surface area (Å²) < 4.78 is 37.9. The number of hydrazine groups is 1. The van der Waals surface area contributed by atoms with Gasteiger partial charge in [-0.15, -0.1) is 0 Å². The van der Waals surface area contributed by atoms with Crippen LogP contribution < -0.4 is 15.3 Å². The van der Waals surface area contributed by atoms with Gasteiger partial charge in [0.2, 0.25) is 5.91 Å². The summed E-state index contributed by atoms with van der Waals surface area (Å²) in [6.07, 6.45) is -2.29. The summed E-state index contributed by atoms with van der Waals surface area (Å²) >= 11 is 5.98. The Balaban J connectivity index is 2.02. The molecular formula is C14H19ClF3N4O+. The molecule has 2 N–H and O–H groups in total. The summed E-state index contributed by atoms with van der Waals surface area (Å²) in [6, 6.07) is 0.915. The number of carbonyl (C=O) groups excluding carboxylic acids is 1. The van der Waals surface area contributed by atoms with Crippen LogP contribution in [0.2, 0.25) is 5.02 Å². The topological polar surface area (TPSA) is 49.7 Å². The summed E-state index contributed by atoms with van der Waals surface area (Å²) in [5, 5.41) is 1.62. The zero-order chi connectivity index (χ0) is 17.2. The minimum absolute atomic E-state index is 0.0241. The lowest BCUT2D eigenvalue weighted by Gasteiger charge is -2.28. The second kappa shape index (κ2) is 6.92. The van der Waals surface area contributed by atoms with E-state index < -0.39 is 11.7 Å². The molecule has 1 saturated heterocycles. The molecule has 0 spiro atoms. The molecule has 1 amide bonds. The van der Waals surface area contributed by atoms with E-state index >= 15 is 0 Å². The van der Waals surface area contributed by atoms with E-state index in [9.17, 15) is 18.0 Å². The maximum absolute atomic E-state index is 12.6. The Morgan fingerprint density at radius 2 is 2.00 bits per heavy atom. The highest BCUT2D eigenvalue weighted by atomic mass is 35.5. The van der Waals surface area contributed by atoms with Gasteiger partial charge in [-0.2, -0.15) is 13.2 Å². The number of pyridine rings is 1. The molecule has 1 aliphatic heterocycles. The average molecular weight is 352 g/mol. The number of aromatic amines is 1. The Morgan fingerprint density at radius 3 is 2.48 bits per heavy atom. The van der Waals surface area contributed by atoms with Gasteiger partial charge in [-0.25, -0.2) is 9.99 Å². The van der Waals surface area contributed by atoms with E-state index in [-0.39, 0.29) is 16.8 Å². The van der Waals surface area contributed by atoms with E-state index in [1.165, 1.54) is 0 Å². The standard InChI is InChI=1S/C14H18ClF3N4O/c1-21(2)20-13(23)9-3-5-22(6-4-9)12-11(15)7-10(8-19-12)14(16,17)18/h7-9H,3-6H2,1-2H3,(H,20,23)/p+1. The third-order valence-corrected chi connectivity index (χ3v) is 4.00. The van der Waals surface area contributed by atoms with E-state index in [4.69, 9.17) is 11.6 Å². The number of piperidine rings is 1. The highest BCUT2D eigenvalue weighted by molar-refractivity contribution is 6.32. The van der Waals surface area contributed by atoms with Gasteiger partial charge in [0, 0.05) is 20.0 Å². The number of H-pyrrole nitrogens is 1. The molecule has 2 heterocycles. The first kappa shape index (κ1) is 17.8. The average Bonchev–Trinajstić information content (AvgIpc) is 2.45. The zero-order valence-corrected chi connectivity index (χ0v) is 13.6. The zero-order valence-electron chi connectivity index (χ0n) is 12.9. The van der Waals surface area contributed by atoms with Crippen molar-refractivity contribution in [2.75, 3.05) is 32.1 Å². The molecule has 1 fully saturated rings. The van der Waals surface area contributed by atoms with Gasteiger partial charge in [0.15, 0.2) is 0 Å². The van der Waals surface area contributed by atoms with Gasteiger partial charge < -0.3 is 0 Å². The van der Waals surface area contributed by atoms with E-state index in [0.717, 1.165) is 12.3 Å².